The van der Waals surface area contributed by atoms with Crippen LogP contribution in [0.2, 0.25) is 5.02 Å². The molecule has 0 atom stereocenters. The summed E-state index contributed by atoms with van der Waals surface area (Å²) >= 11 is 5.94. The summed E-state index contributed by atoms with van der Waals surface area (Å²) in [5.74, 6) is -0.168. The molecule has 2 aliphatic heterocycles. The first-order valence-corrected chi connectivity index (χ1v) is 12.2. The fourth-order valence-electron chi connectivity index (χ4n) is 4.77. The van der Waals surface area contributed by atoms with Gasteiger partial charge in [-0.15, -0.1) is 0 Å². The summed E-state index contributed by atoms with van der Waals surface area (Å²) < 4.78 is 5.32. The summed E-state index contributed by atoms with van der Waals surface area (Å²) in [5, 5.41) is 0.651. The number of carbonyl (C=O) groups excluding carboxylic acids is 3. The molecule has 33 heavy (non-hydrogen) atoms. The maximum Gasteiger partial charge on any atom is 0.320 e. The molecule has 4 rings (SSSR count). The zero-order valence-electron chi connectivity index (χ0n) is 19.0. The van der Waals surface area contributed by atoms with Crippen LogP contribution in [-0.2, 0) is 14.3 Å². The Morgan fingerprint density at radius 2 is 1.55 bits per heavy atom. The summed E-state index contributed by atoms with van der Waals surface area (Å²) in [6, 6.07) is 7.52. The molecule has 0 radical (unpaired) electrons. The van der Waals surface area contributed by atoms with E-state index in [-0.39, 0.29) is 23.5 Å². The molecular weight excluding hydrogens is 442 g/mol. The van der Waals surface area contributed by atoms with Crippen molar-refractivity contribution < 1.29 is 19.1 Å². The topological polar surface area (TPSA) is 70.2 Å². The number of unbranched alkanes of at least 4 members (excludes halogenated alkanes) is 1. The van der Waals surface area contributed by atoms with Crippen molar-refractivity contribution in [2.45, 2.75) is 31.6 Å². The summed E-state index contributed by atoms with van der Waals surface area (Å²) in [4.78, 5) is 44.0. The lowest BCUT2D eigenvalue weighted by atomic mass is 9.79. The molecule has 2 heterocycles. The molecule has 1 aliphatic carbocycles. The number of nitrogens with zero attached hydrogens (tertiary/aromatic N) is 3. The second kappa shape index (κ2) is 11.3. The fraction of sp³-hybridized carbons (Fsp3) is 0.560. The monoisotopic (exact) mass is 473 g/mol. The number of hydrogen-bond donors (Lipinski definition) is 0. The zero-order valence-corrected chi connectivity index (χ0v) is 19.8. The highest BCUT2D eigenvalue weighted by molar-refractivity contribution is 6.30. The molecule has 1 aromatic carbocycles. The van der Waals surface area contributed by atoms with Gasteiger partial charge in [0.15, 0.2) is 11.6 Å². The number of amides is 2. The van der Waals surface area contributed by atoms with Gasteiger partial charge in [0.25, 0.3) is 0 Å². The van der Waals surface area contributed by atoms with E-state index in [9.17, 15) is 14.4 Å². The molecule has 8 heteroatoms. The Morgan fingerprint density at radius 3 is 2.18 bits per heavy atom. The number of rotatable bonds is 5. The van der Waals surface area contributed by atoms with Crippen molar-refractivity contribution in [1.29, 1.82) is 0 Å². The Bertz CT molecular complexity index is 867. The van der Waals surface area contributed by atoms with Crippen molar-refractivity contribution in [2.75, 3.05) is 59.0 Å². The lowest BCUT2D eigenvalue weighted by molar-refractivity contribution is -0.124. The lowest BCUT2D eigenvalue weighted by Crippen LogP contribution is -2.54. The largest absolute Gasteiger partial charge is 0.378 e. The second-order valence-electron chi connectivity index (χ2n) is 8.97. The quantitative estimate of drug-likeness (QED) is 0.373. The van der Waals surface area contributed by atoms with Crippen molar-refractivity contribution in [3.63, 3.8) is 0 Å². The maximum atomic E-state index is 12.6. The first-order valence-electron chi connectivity index (χ1n) is 11.9. The first kappa shape index (κ1) is 23.9. The zero-order chi connectivity index (χ0) is 23.2. The van der Waals surface area contributed by atoms with Gasteiger partial charge < -0.3 is 14.5 Å². The number of benzene rings is 1. The molecule has 0 N–H and O–H groups in total. The molecule has 0 aromatic heterocycles. The van der Waals surface area contributed by atoms with Gasteiger partial charge in [-0.05, 0) is 43.0 Å². The molecule has 3 aliphatic rings. The highest BCUT2D eigenvalue weighted by Crippen LogP contribution is 2.32. The third-order valence-electron chi connectivity index (χ3n) is 6.76. The number of hydrogen-bond acceptors (Lipinski definition) is 5. The summed E-state index contributed by atoms with van der Waals surface area (Å²) in [7, 11) is 0. The Hall–Kier alpha value is -2.22. The number of carbonyl (C=O) groups is 3. The predicted octanol–water partition coefficient (Wildman–Crippen LogP) is 3.13. The minimum Gasteiger partial charge on any atom is -0.378 e. The van der Waals surface area contributed by atoms with E-state index in [2.05, 4.69) is 4.90 Å². The SMILES string of the molecule is O=C1CC(c2ccc(Cl)cc2)CC(=O)C1=CCCCN1CCN(C(=O)N2CCOCC2)CC1. The van der Waals surface area contributed by atoms with E-state index in [0.29, 0.717) is 56.2 Å². The highest BCUT2D eigenvalue weighted by atomic mass is 35.5. The molecule has 178 valence electrons. The summed E-state index contributed by atoms with van der Waals surface area (Å²) in [6.45, 7) is 6.67. The molecule has 0 spiro atoms. The van der Waals surface area contributed by atoms with Crippen LogP contribution in [0.3, 0.4) is 0 Å². The van der Waals surface area contributed by atoms with Gasteiger partial charge in [-0.1, -0.05) is 29.8 Å². The number of allylic oxidation sites excluding steroid dienone is 2. The van der Waals surface area contributed by atoms with E-state index in [1.54, 1.807) is 12.1 Å². The number of halogens is 1. The summed E-state index contributed by atoms with van der Waals surface area (Å²) in [6.07, 6.45) is 4.19. The van der Waals surface area contributed by atoms with Crippen LogP contribution in [0.1, 0.15) is 37.2 Å². The fourth-order valence-corrected chi connectivity index (χ4v) is 4.90. The normalized spacial score (nSPS) is 22.6. The van der Waals surface area contributed by atoms with Crippen molar-refractivity contribution >= 4 is 29.2 Å². The van der Waals surface area contributed by atoms with Gasteiger partial charge in [0.05, 0.1) is 18.8 Å². The van der Waals surface area contributed by atoms with E-state index in [1.807, 2.05) is 28.0 Å². The smallest absolute Gasteiger partial charge is 0.320 e. The molecule has 7 nitrogen and oxygen atoms in total. The number of Topliss-reactive ketones (excluding diaryl/α,β-unsaturated/α-hetero) is 2. The Balaban J connectivity index is 1.18. The lowest BCUT2D eigenvalue weighted by Gasteiger charge is -2.38. The minimum absolute atomic E-state index is 0.0542. The van der Waals surface area contributed by atoms with Crippen LogP contribution >= 0.6 is 11.6 Å². The van der Waals surface area contributed by atoms with E-state index < -0.39 is 0 Å². The van der Waals surface area contributed by atoms with Crippen LogP contribution in [-0.4, -0.2) is 91.3 Å². The predicted molar refractivity (Wildman–Crippen MR) is 127 cm³/mol. The third-order valence-corrected chi connectivity index (χ3v) is 7.01. The van der Waals surface area contributed by atoms with Gasteiger partial charge in [0, 0.05) is 57.1 Å². The van der Waals surface area contributed by atoms with E-state index >= 15 is 0 Å². The number of ketones is 2. The number of urea groups is 1. The van der Waals surface area contributed by atoms with Gasteiger partial charge >= 0.3 is 6.03 Å². The molecule has 0 bridgehead atoms. The highest BCUT2D eigenvalue weighted by Gasteiger charge is 2.31. The van der Waals surface area contributed by atoms with Gasteiger partial charge in [-0.3, -0.25) is 14.5 Å². The van der Waals surface area contributed by atoms with Gasteiger partial charge in [-0.25, -0.2) is 4.79 Å². The van der Waals surface area contributed by atoms with Crippen LogP contribution in [0.15, 0.2) is 35.9 Å². The molecule has 0 unspecified atom stereocenters. The van der Waals surface area contributed by atoms with Gasteiger partial charge in [-0.2, -0.15) is 0 Å². The van der Waals surface area contributed by atoms with Crippen LogP contribution in [0.25, 0.3) is 0 Å². The van der Waals surface area contributed by atoms with Gasteiger partial charge in [0.1, 0.15) is 0 Å². The van der Waals surface area contributed by atoms with E-state index in [4.69, 9.17) is 16.3 Å². The van der Waals surface area contributed by atoms with Crippen molar-refractivity contribution in [1.82, 2.24) is 14.7 Å². The third kappa shape index (κ3) is 6.22. The Morgan fingerprint density at radius 1 is 0.939 bits per heavy atom. The van der Waals surface area contributed by atoms with E-state index in [1.165, 1.54) is 0 Å². The average Bonchev–Trinajstić information content (AvgIpc) is 2.84. The van der Waals surface area contributed by atoms with Gasteiger partial charge in [0.2, 0.25) is 0 Å². The number of piperazine rings is 1. The first-order chi connectivity index (χ1) is 16.0. The van der Waals surface area contributed by atoms with Crippen LogP contribution in [0.5, 0.6) is 0 Å². The van der Waals surface area contributed by atoms with Crippen molar-refractivity contribution in [2.24, 2.45) is 0 Å². The van der Waals surface area contributed by atoms with Crippen LogP contribution in [0.4, 0.5) is 4.79 Å². The van der Waals surface area contributed by atoms with Crippen LogP contribution < -0.4 is 0 Å². The van der Waals surface area contributed by atoms with E-state index in [0.717, 1.165) is 44.7 Å². The molecule has 1 saturated carbocycles. The number of morpholine rings is 1. The molecule has 2 amide bonds. The van der Waals surface area contributed by atoms with Crippen molar-refractivity contribution in [3.05, 3.63) is 46.5 Å². The Kier molecular flexibility index (Phi) is 8.17. The van der Waals surface area contributed by atoms with Crippen molar-refractivity contribution in [3.8, 4) is 0 Å². The maximum absolute atomic E-state index is 12.6. The molecular formula is C25H32ClN3O4. The van der Waals surface area contributed by atoms with Crippen LogP contribution in [0, 0.1) is 0 Å². The Labute approximate surface area is 200 Å². The average molecular weight is 474 g/mol. The molecule has 1 aromatic rings. The summed E-state index contributed by atoms with van der Waals surface area (Å²) in [5.41, 5.74) is 1.37. The minimum atomic E-state index is -0.0594. The standard InChI is InChI=1S/C25H32ClN3O4/c26-21-6-4-19(5-7-21)20-17-23(30)22(24(31)18-20)3-1-2-8-27-9-11-28(12-10-27)25(32)29-13-15-33-16-14-29/h3-7,20H,1-2,8-18H2. The number of ether oxygens (including phenoxy) is 1. The second-order valence-corrected chi connectivity index (χ2v) is 9.41. The molecule has 2 saturated heterocycles. The molecule has 3 fully saturated rings.